The second-order valence-electron chi connectivity index (χ2n) is 16.0. The molecule has 282 valence electrons. The van der Waals surface area contributed by atoms with Gasteiger partial charge in [0, 0.05) is 55.1 Å². The van der Waals surface area contributed by atoms with Gasteiger partial charge in [-0.2, -0.15) is 0 Å². The number of piperidine rings is 1. The molecule has 1 fully saturated rings. The largest absolute Gasteiger partial charge is 0.508 e. The van der Waals surface area contributed by atoms with E-state index in [0.29, 0.717) is 30.8 Å². The number of nitrogens with zero attached hydrogens (tertiary/aromatic N) is 3. The number of likely N-dealkylation sites (tertiary alicyclic amines) is 1. The molecular weight excluding hydrogens is 678 g/mol. The predicted octanol–water partition coefficient (Wildman–Crippen LogP) is 8.94. The Labute approximate surface area is 318 Å². The molecule has 3 aromatic carbocycles. The number of pyridine rings is 1. The molecule has 2 aliphatic heterocycles. The number of ketones is 2. The standard InChI is InChI=1S/C46H52FN3O4/c1-4-17-46(19-21-50(22-20-46)44(54)29-49-27-35-24-42(30(2)51)43(31(3)52)25-36(35)28-49)18-5-6-38-13-9-34(26-48-38)45-40(32-7-11-37(47)12-8-32)15-10-33-23-39(53)14-16-41(33)45/h7-9,11-14,16,23-26,40,45,53H,4-6,10,15,17-22,27-29H2,1-3H3. The van der Waals surface area contributed by atoms with Gasteiger partial charge in [0.2, 0.25) is 5.91 Å². The Balaban J connectivity index is 0.949. The van der Waals surface area contributed by atoms with Gasteiger partial charge in [-0.1, -0.05) is 37.6 Å². The fourth-order valence-corrected chi connectivity index (χ4v) is 9.59. The van der Waals surface area contributed by atoms with Crippen LogP contribution in [0.3, 0.4) is 0 Å². The first kappa shape index (κ1) is 37.6. The minimum absolute atomic E-state index is 0.0713. The lowest BCUT2D eigenvalue weighted by molar-refractivity contribution is -0.135. The van der Waals surface area contributed by atoms with E-state index in [1.165, 1.54) is 19.4 Å². The van der Waals surface area contributed by atoms with Crippen LogP contribution in [0.25, 0.3) is 0 Å². The van der Waals surface area contributed by atoms with Crippen molar-refractivity contribution < 1.29 is 23.9 Å². The molecule has 3 heterocycles. The Morgan fingerprint density at radius 3 is 2.13 bits per heavy atom. The highest BCUT2D eigenvalue weighted by Crippen LogP contribution is 2.47. The Kier molecular flexibility index (Phi) is 11.1. The second-order valence-corrected chi connectivity index (χ2v) is 16.0. The molecule has 7 nitrogen and oxygen atoms in total. The maximum absolute atomic E-state index is 13.8. The summed E-state index contributed by atoms with van der Waals surface area (Å²) in [6, 6.07) is 20.6. The minimum Gasteiger partial charge on any atom is -0.508 e. The number of aromatic hydroxyl groups is 1. The van der Waals surface area contributed by atoms with Crippen LogP contribution in [-0.4, -0.2) is 57.0 Å². The average Bonchev–Trinajstić information content (AvgIpc) is 3.56. The summed E-state index contributed by atoms with van der Waals surface area (Å²) in [4.78, 5) is 47.0. The van der Waals surface area contributed by atoms with Gasteiger partial charge in [0.05, 0.1) is 6.54 Å². The molecule has 1 aliphatic carbocycles. The van der Waals surface area contributed by atoms with Gasteiger partial charge in [0.15, 0.2) is 11.6 Å². The first-order valence-corrected chi connectivity index (χ1v) is 19.7. The Bertz CT molecular complexity index is 1970. The van der Waals surface area contributed by atoms with Crippen LogP contribution in [-0.2, 0) is 30.7 Å². The molecular formula is C46H52FN3O4. The van der Waals surface area contributed by atoms with E-state index in [1.54, 1.807) is 18.2 Å². The number of hydrogen-bond donors (Lipinski definition) is 1. The van der Waals surface area contributed by atoms with E-state index >= 15 is 0 Å². The summed E-state index contributed by atoms with van der Waals surface area (Å²) in [5, 5.41) is 10.2. The summed E-state index contributed by atoms with van der Waals surface area (Å²) in [6.07, 6.45) is 11.1. The van der Waals surface area contributed by atoms with Gasteiger partial charge in [0.25, 0.3) is 0 Å². The lowest BCUT2D eigenvalue weighted by Crippen LogP contribution is -2.46. The fraction of sp³-hybridized carbons (Fsp3) is 0.435. The number of fused-ring (bicyclic) bond motifs is 2. The molecule has 54 heavy (non-hydrogen) atoms. The minimum atomic E-state index is -0.232. The molecule has 1 amide bonds. The number of phenolic OH excluding ortho intramolecular Hbond substituents is 1. The second kappa shape index (κ2) is 16.0. The van der Waals surface area contributed by atoms with Crippen molar-refractivity contribution >= 4 is 17.5 Å². The number of amides is 1. The third-order valence-electron chi connectivity index (χ3n) is 12.4. The normalized spacial score (nSPS) is 19.3. The van der Waals surface area contributed by atoms with Crippen LogP contribution in [0.5, 0.6) is 5.75 Å². The molecule has 7 rings (SSSR count). The van der Waals surface area contributed by atoms with Crippen molar-refractivity contribution in [3.05, 3.63) is 129 Å². The number of phenols is 1. The highest BCUT2D eigenvalue weighted by molar-refractivity contribution is 6.07. The zero-order valence-corrected chi connectivity index (χ0v) is 31.9. The van der Waals surface area contributed by atoms with Crippen molar-refractivity contribution in [2.24, 2.45) is 5.41 Å². The summed E-state index contributed by atoms with van der Waals surface area (Å²) in [5.41, 5.74) is 8.90. The number of carbonyl (C=O) groups is 3. The van der Waals surface area contributed by atoms with Gasteiger partial charge in [-0.05, 0) is 152 Å². The van der Waals surface area contributed by atoms with Crippen molar-refractivity contribution in [2.45, 2.75) is 103 Å². The average molecular weight is 730 g/mol. The zero-order valence-electron chi connectivity index (χ0n) is 31.9. The lowest BCUT2D eigenvalue weighted by atomic mass is 9.69. The van der Waals surface area contributed by atoms with E-state index in [0.717, 1.165) is 104 Å². The molecule has 0 spiro atoms. The Hall–Kier alpha value is -4.69. The summed E-state index contributed by atoms with van der Waals surface area (Å²) in [6.45, 7) is 8.32. The fourth-order valence-electron chi connectivity index (χ4n) is 9.59. The van der Waals surface area contributed by atoms with E-state index in [9.17, 15) is 23.9 Å². The highest BCUT2D eigenvalue weighted by Gasteiger charge is 2.36. The Morgan fingerprint density at radius 1 is 0.852 bits per heavy atom. The van der Waals surface area contributed by atoms with Crippen molar-refractivity contribution in [3.8, 4) is 5.75 Å². The number of aromatic nitrogens is 1. The molecule has 4 aromatic rings. The van der Waals surface area contributed by atoms with Crippen LogP contribution in [0.2, 0.25) is 0 Å². The van der Waals surface area contributed by atoms with Crippen molar-refractivity contribution in [2.75, 3.05) is 19.6 Å². The van der Waals surface area contributed by atoms with Gasteiger partial charge in [-0.15, -0.1) is 0 Å². The van der Waals surface area contributed by atoms with Crippen LogP contribution < -0.4 is 0 Å². The van der Waals surface area contributed by atoms with Crippen molar-refractivity contribution in [1.29, 1.82) is 0 Å². The summed E-state index contributed by atoms with van der Waals surface area (Å²) >= 11 is 0. The molecule has 2 atom stereocenters. The maximum Gasteiger partial charge on any atom is 0.236 e. The van der Waals surface area contributed by atoms with Gasteiger partial charge in [-0.25, -0.2) is 4.39 Å². The smallest absolute Gasteiger partial charge is 0.236 e. The summed E-state index contributed by atoms with van der Waals surface area (Å²) < 4.78 is 13.8. The van der Waals surface area contributed by atoms with Crippen molar-refractivity contribution in [3.63, 3.8) is 0 Å². The SMILES string of the molecule is CCCC1(CCCc2ccc(C3c4ccc(O)cc4CCC3c3ccc(F)cc3)cn2)CCN(C(=O)CN2Cc3cc(C(C)=O)c(C(C)=O)cc3C2)CC1. The molecule has 2 unspecified atom stereocenters. The molecule has 0 bridgehead atoms. The molecule has 0 saturated carbocycles. The summed E-state index contributed by atoms with van der Waals surface area (Å²) in [7, 11) is 0. The summed E-state index contributed by atoms with van der Waals surface area (Å²) in [5.74, 6) is 0.233. The number of aryl methyl sites for hydroxylation is 2. The van der Waals surface area contributed by atoms with Crippen molar-refractivity contribution in [1.82, 2.24) is 14.8 Å². The third kappa shape index (κ3) is 8.04. The quantitative estimate of drug-likeness (QED) is 0.147. The van der Waals surface area contributed by atoms with Crippen LogP contribution in [0.15, 0.2) is 72.9 Å². The number of Topliss-reactive ketones (excluding diaryl/α,β-unsaturated/α-hetero) is 2. The van der Waals surface area contributed by atoms with Crippen LogP contribution in [0.1, 0.15) is 137 Å². The van der Waals surface area contributed by atoms with Gasteiger partial charge in [0.1, 0.15) is 11.6 Å². The van der Waals surface area contributed by atoms with Gasteiger partial charge in [-0.3, -0.25) is 24.3 Å². The predicted molar refractivity (Wildman–Crippen MR) is 208 cm³/mol. The number of benzene rings is 3. The molecule has 1 N–H and O–H groups in total. The first-order valence-electron chi connectivity index (χ1n) is 19.7. The Morgan fingerprint density at radius 2 is 1.52 bits per heavy atom. The van der Waals surface area contributed by atoms with Crippen LogP contribution >= 0.6 is 0 Å². The number of hydrogen-bond acceptors (Lipinski definition) is 6. The number of rotatable bonds is 12. The van der Waals surface area contributed by atoms with Crippen LogP contribution in [0, 0.1) is 11.2 Å². The first-order chi connectivity index (χ1) is 26.0. The number of carbonyl (C=O) groups excluding carboxylic acids is 3. The number of halogens is 1. The molecule has 0 radical (unpaired) electrons. The molecule has 8 heteroatoms. The van der Waals surface area contributed by atoms with E-state index in [2.05, 4.69) is 24.0 Å². The van der Waals surface area contributed by atoms with E-state index in [1.807, 2.05) is 47.5 Å². The maximum atomic E-state index is 13.8. The monoisotopic (exact) mass is 729 g/mol. The van der Waals surface area contributed by atoms with E-state index in [4.69, 9.17) is 4.98 Å². The third-order valence-corrected chi connectivity index (χ3v) is 12.4. The molecule has 3 aliphatic rings. The zero-order chi connectivity index (χ0) is 38.0. The molecule has 1 saturated heterocycles. The van der Waals surface area contributed by atoms with Gasteiger partial charge < -0.3 is 10.0 Å². The van der Waals surface area contributed by atoms with E-state index in [-0.39, 0.29) is 46.3 Å². The van der Waals surface area contributed by atoms with Crippen LogP contribution in [0.4, 0.5) is 4.39 Å². The molecule has 1 aromatic heterocycles. The van der Waals surface area contributed by atoms with Gasteiger partial charge >= 0.3 is 0 Å². The van der Waals surface area contributed by atoms with E-state index < -0.39 is 0 Å². The lowest BCUT2D eigenvalue weighted by Gasteiger charge is -2.42. The highest BCUT2D eigenvalue weighted by atomic mass is 19.1. The topological polar surface area (TPSA) is 90.8 Å².